The maximum atomic E-state index is 14.1. The average molecular weight is 502 g/mol. The van der Waals surface area contributed by atoms with E-state index < -0.39 is 17.7 Å². The number of halogens is 2. The summed E-state index contributed by atoms with van der Waals surface area (Å²) in [5, 5.41) is 19.5. The molecule has 0 saturated carbocycles. The van der Waals surface area contributed by atoms with Crippen LogP contribution in [0.15, 0.2) is 30.5 Å². The van der Waals surface area contributed by atoms with Crippen LogP contribution in [-0.4, -0.2) is 70.1 Å². The summed E-state index contributed by atoms with van der Waals surface area (Å²) in [4.78, 5) is 28.8. The molecule has 4 rings (SSSR count). The number of benzene rings is 2. The highest BCUT2D eigenvalue weighted by Crippen LogP contribution is 2.32. The highest BCUT2D eigenvalue weighted by atomic mass is 35.5. The topological polar surface area (TPSA) is 130 Å². The first-order valence-corrected chi connectivity index (χ1v) is 11.3. The lowest BCUT2D eigenvalue weighted by Crippen LogP contribution is -2.29. The van der Waals surface area contributed by atoms with Crippen molar-refractivity contribution in [2.75, 3.05) is 49.2 Å². The van der Waals surface area contributed by atoms with Crippen LogP contribution < -0.4 is 16.0 Å². The van der Waals surface area contributed by atoms with Crippen LogP contribution in [0.5, 0.6) is 0 Å². The molecule has 0 atom stereocenters. The Morgan fingerprint density at radius 3 is 2.69 bits per heavy atom. The SMILES string of the molecule is Cc1c(F)c(N)cc(C(=O)Nc2cc(-n3cc(C(=O)O)nn3)ccc2N2CCCN(C)CC2)c1Cl. The van der Waals surface area contributed by atoms with Gasteiger partial charge in [-0.1, -0.05) is 16.8 Å². The number of anilines is 3. The molecule has 3 aromatic rings. The van der Waals surface area contributed by atoms with Crippen molar-refractivity contribution in [1.82, 2.24) is 19.9 Å². The number of likely N-dealkylation sites (N-methyl/N-ethyl adjacent to an activating group) is 1. The fourth-order valence-corrected chi connectivity index (χ4v) is 4.19. The molecular weight excluding hydrogens is 477 g/mol. The number of carbonyl (C=O) groups is 2. The molecule has 0 bridgehead atoms. The van der Waals surface area contributed by atoms with Gasteiger partial charge in [0, 0.05) is 25.2 Å². The zero-order chi connectivity index (χ0) is 25.3. The number of amides is 1. The Kier molecular flexibility index (Phi) is 6.90. The number of nitrogen functional groups attached to an aromatic ring is 1. The number of aromatic carboxylic acids is 1. The van der Waals surface area contributed by atoms with Gasteiger partial charge in [-0.2, -0.15) is 0 Å². The number of aromatic nitrogens is 3. The van der Waals surface area contributed by atoms with Crippen molar-refractivity contribution in [2.24, 2.45) is 0 Å². The minimum absolute atomic E-state index is 0.0225. The van der Waals surface area contributed by atoms with Gasteiger partial charge in [-0.05, 0) is 51.2 Å². The maximum absolute atomic E-state index is 14.1. The van der Waals surface area contributed by atoms with Crippen molar-refractivity contribution in [3.8, 4) is 5.69 Å². The molecule has 1 aliphatic rings. The number of nitrogens with zero attached hydrogens (tertiary/aromatic N) is 5. The van der Waals surface area contributed by atoms with Crippen LogP contribution in [-0.2, 0) is 0 Å². The Balaban J connectivity index is 1.74. The first kappa shape index (κ1) is 24.4. The van der Waals surface area contributed by atoms with E-state index in [0.717, 1.165) is 38.3 Å². The van der Waals surface area contributed by atoms with Crippen LogP contribution in [0.4, 0.5) is 21.5 Å². The Bertz CT molecular complexity index is 1300. The van der Waals surface area contributed by atoms with Gasteiger partial charge in [-0.15, -0.1) is 5.10 Å². The first-order valence-electron chi connectivity index (χ1n) is 10.9. The summed E-state index contributed by atoms with van der Waals surface area (Å²) in [7, 11) is 2.06. The second-order valence-corrected chi connectivity index (χ2v) is 8.80. The van der Waals surface area contributed by atoms with Crippen LogP contribution in [0, 0.1) is 12.7 Å². The maximum Gasteiger partial charge on any atom is 0.358 e. The summed E-state index contributed by atoms with van der Waals surface area (Å²) >= 11 is 6.27. The predicted molar refractivity (Wildman–Crippen MR) is 131 cm³/mol. The minimum atomic E-state index is -1.20. The normalized spacial score (nSPS) is 14.6. The minimum Gasteiger partial charge on any atom is -0.476 e. The third-order valence-corrected chi connectivity index (χ3v) is 6.45. The quantitative estimate of drug-likeness (QED) is 0.455. The second kappa shape index (κ2) is 9.88. The summed E-state index contributed by atoms with van der Waals surface area (Å²) < 4.78 is 15.4. The summed E-state index contributed by atoms with van der Waals surface area (Å²) in [6.45, 7) is 4.78. The molecule has 0 aliphatic carbocycles. The number of rotatable bonds is 5. The Morgan fingerprint density at radius 1 is 1.20 bits per heavy atom. The van der Waals surface area contributed by atoms with Gasteiger partial charge in [-0.25, -0.2) is 13.9 Å². The van der Waals surface area contributed by atoms with E-state index in [0.29, 0.717) is 11.4 Å². The van der Waals surface area contributed by atoms with Gasteiger partial charge in [0.2, 0.25) is 0 Å². The fourth-order valence-electron chi connectivity index (χ4n) is 3.97. The van der Waals surface area contributed by atoms with Crippen LogP contribution >= 0.6 is 11.6 Å². The standard InChI is InChI=1S/C23H25ClFN7O3/c1-13-20(24)15(11-16(26)21(13)25)22(33)27-17-10-14(32-12-18(23(34)35)28-29-32)4-5-19(17)31-7-3-6-30(2)8-9-31/h4-5,10-12H,3,6-9,26H2,1-2H3,(H,27,33)(H,34,35). The van der Waals surface area contributed by atoms with Crippen LogP contribution in [0.3, 0.4) is 0 Å². The van der Waals surface area contributed by atoms with E-state index in [1.165, 1.54) is 23.9 Å². The zero-order valence-electron chi connectivity index (χ0n) is 19.3. The molecule has 12 heteroatoms. The van der Waals surface area contributed by atoms with Gasteiger partial charge in [0.25, 0.3) is 5.91 Å². The summed E-state index contributed by atoms with van der Waals surface area (Å²) in [5.41, 5.74) is 7.21. The van der Waals surface area contributed by atoms with Gasteiger partial charge in [0.1, 0.15) is 0 Å². The summed E-state index contributed by atoms with van der Waals surface area (Å²) in [5.74, 6) is -2.42. The number of hydrogen-bond acceptors (Lipinski definition) is 7. The van der Waals surface area contributed by atoms with E-state index in [4.69, 9.17) is 22.4 Å². The largest absolute Gasteiger partial charge is 0.476 e. The molecule has 35 heavy (non-hydrogen) atoms. The first-order chi connectivity index (χ1) is 16.7. The molecule has 4 N–H and O–H groups in total. The molecule has 1 saturated heterocycles. The monoisotopic (exact) mass is 501 g/mol. The van der Waals surface area contributed by atoms with E-state index in [2.05, 4.69) is 32.5 Å². The van der Waals surface area contributed by atoms with Gasteiger partial charge in [0.05, 0.1) is 39.5 Å². The van der Waals surface area contributed by atoms with Gasteiger partial charge >= 0.3 is 5.97 Å². The van der Waals surface area contributed by atoms with E-state index in [9.17, 15) is 14.0 Å². The molecule has 1 aromatic heterocycles. The third-order valence-electron chi connectivity index (χ3n) is 5.96. The fraction of sp³-hybridized carbons (Fsp3) is 0.304. The molecule has 1 fully saturated rings. The smallest absolute Gasteiger partial charge is 0.358 e. The number of carbonyl (C=O) groups excluding carboxylic acids is 1. The van der Waals surface area contributed by atoms with Crippen molar-refractivity contribution in [3.63, 3.8) is 0 Å². The lowest BCUT2D eigenvalue weighted by Gasteiger charge is -2.26. The van der Waals surface area contributed by atoms with E-state index >= 15 is 0 Å². The number of carboxylic acids is 1. The van der Waals surface area contributed by atoms with Crippen LogP contribution in [0.25, 0.3) is 5.69 Å². The Labute approximate surface area is 206 Å². The number of hydrogen-bond donors (Lipinski definition) is 3. The molecule has 184 valence electrons. The molecule has 1 amide bonds. The van der Waals surface area contributed by atoms with Gasteiger partial charge < -0.3 is 26.0 Å². The molecule has 0 spiro atoms. The van der Waals surface area contributed by atoms with Crippen LogP contribution in [0.1, 0.15) is 32.8 Å². The zero-order valence-corrected chi connectivity index (χ0v) is 20.0. The Hall–Kier alpha value is -3.70. The average Bonchev–Trinajstić information content (AvgIpc) is 3.23. The van der Waals surface area contributed by atoms with Crippen molar-refractivity contribution in [1.29, 1.82) is 0 Å². The van der Waals surface area contributed by atoms with Crippen LogP contribution in [0.2, 0.25) is 5.02 Å². The van der Waals surface area contributed by atoms with Crippen molar-refractivity contribution in [2.45, 2.75) is 13.3 Å². The lowest BCUT2D eigenvalue weighted by atomic mass is 10.1. The number of nitrogens with one attached hydrogen (secondary N) is 1. The molecule has 2 aromatic carbocycles. The van der Waals surface area contributed by atoms with Crippen molar-refractivity contribution in [3.05, 3.63) is 58.1 Å². The molecule has 2 heterocycles. The predicted octanol–water partition coefficient (Wildman–Crippen LogP) is 3.04. The van der Waals surface area contributed by atoms with E-state index in [1.54, 1.807) is 12.1 Å². The highest BCUT2D eigenvalue weighted by Gasteiger charge is 2.22. The molecule has 0 unspecified atom stereocenters. The second-order valence-electron chi connectivity index (χ2n) is 8.42. The van der Waals surface area contributed by atoms with Gasteiger partial charge in [-0.3, -0.25) is 4.79 Å². The van der Waals surface area contributed by atoms with Crippen molar-refractivity contribution < 1.29 is 19.1 Å². The molecular formula is C23H25ClFN7O3. The highest BCUT2D eigenvalue weighted by molar-refractivity contribution is 6.35. The number of nitrogens with two attached hydrogens (primary N) is 1. The van der Waals surface area contributed by atoms with E-state index in [-0.39, 0.29) is 27.5 Å². The summed E-state index contributed by atoms with van der Waals surface area (Å²) in [6.07, 6.45) is 2.22. The Morgan fingerprint density at radius 2 is 1.97 bits per heavy atom. The third kappa shape index (κ3) is 5.05. The van der Waals surface area contributed by atoms with Gasteiger partial charge in [0.15, 0.2) is 11.5 Å². The number of carboxylic acid groups (broad SMARTS) is 1. The lowest BCUT2D eigenvalue weighted by molar-refractivity contribution is 0.0690. The van der Waals surface area contributed by atoms with E-state index in [1.807, 2.05) is 6.07 Å². The molecule has 10 nitrogen and oxygen atoms in total. The van der Waals surface area contributed by atoms with Crippen molar-refractivity contribution >= 4 is 40.5 Å². The molecule has 1 aliphatic heterocycles. The summed E-state index contributed by atoms with van der Waals surface area (Å²) in [6, 6.07) is 6.49. The molecule has 0 radical (unpaired) electrons.